The summed E-state index contributed by atoms with van der Waals surface area (Å²) in [6, 6.07) is 0. The molecule has 6 nitrogen and oxygen atoms in total. The summed E-state index contributed by atoms with van der Waals surface area (Å²) in [7, 11) is 0. The number of carbonyl (C=O) groups is 3. The van der Waals surface area contributed by atoms with Crippen LogP contribution in [0.5, 0.6) is 0 Å². The number of hydrogen-bond acceptors (Lipinski definition) is 6. The van der Waals surface area contributed by atoms with Crippen LogP contribution in [0.3, 0.4) is 0 Å². The minimum absolute atomic E-state index is 0.0823. The minimum Gasteiger partial charge on any atom is -0.462 e. The fraction of sp³-hybridized carbons (Fsp3) is 0.712. The SMILES string of the molecule is CC/C=C\C/C=C\C/C=C\C/C=C\C/C=C\C/C=C\C/C=C\CCCCCCCCCC(=O)OCC(COC(=O)CCCCCCCCCCC)OC(=O)CCCCCCC/C=C\CCCCCCCCC. The van der Waals surface area contributed by atoms with Gasteiger partial charge < -0.3 is 14.2 Å². The fourth-order valence-corrected chi connectivity index (χ4v) is 8.30. The van der Waals surface area contributed by atoms with E-state index in [0.717, 1.165) is 122 Å². The van der Waals surface area contributed by atoms with E-state index in [1.165, 1.54) is 122 Å². The van der Waals surface area contributed by atoms with Crippen LogP contribution in [0.2, 0.25) is 0 Å². The lowest BCUT2D eigenvalue weighted by Crippen LogP contribution is -2.30. The zero-order chi connectivity index (χ0) is 52.2. The summed E-state index contributed by atoms with van der Waals surface area (Å²) < 4.78 is 16.8. The highest BCUT2D eigenvalue weighted by Crippen LogP contribution is 2.15. The van der Waals surface area contributed by atoms with E-state index < -0.39 is 6.10 Å². The van der Waals surface area contributed by atoms with Gasteiger partial charge in [0.05, 0.1) is 0 Å². The molecule has 1 unspecified atom stereocenters. The average Bonchev–Trinajstić information content (AvgIpc) is 3.38. The lowest BCUT2D eigenvalue weighted by molar-refractivity contribution is -0.167. The maximum atomic E-state index is 12.8. The first-order chi connectivity index (χ1) is 35.5. The van der Waals surface area contributed by atoms with Crippen molar-refractivity contribution >= 4 is 17.9 Å². The van der Waals surface area contributed by atoms with Gasteiger partial charge in [0, 0.05) is 19.3 Å². The molecular weight excluding hydrogens is 889 g/mol. The second-order valence-electron chi connectivity index (χ2n) is 19.9. The van der Waals surface area contributed by atoms with Crippen LogP contribution in [-0.2, 0) is 28.6 Å². The van der Waals surface area contributed by atoms with Gasteiger partial charge in [-0.1, -0.05) is 259 Å². The van der Waals surface area contributed by atoms with Crippen molar-refractivity contribution in [3.63, 3.8) is 0 Å². The molecule has 0 N–H and O–H groups in total. The van der Waals surface area contributed by atoms with Gasteiger partial charge in [-0.25, -0.2) is 0 Å². The van der Waals surface area contributed by atoms with Crippen LogP contribution in [0.1, 0.15) is 284 Å². The first-order valence-corrected chi connectivity index (χ1v) is 30.2. The highest BCUT2D eigenvalue weighted by molar-refractivity contribution is 5.71. The molecule has 0 aliphatic heterocycles. The molecule has 0 heterocycles. The second-order valence-corrected chi connectivity index (χ2v) is 19.9. The molecular formula is C66H112O6. The predicted octanol–water partition coefficient (Wildman–Crippen LogP) is 20.5. The predicted molar refractivity (Wildman–Crippen MR) is 311 cm³/mol. The highest BCUT2D eigenvalue weighted by Gasteiger charge is 2.19. The normalized spacial score (nSPS) is 12.8. The van der Waals surface area contributed by atoms with Crippen molar-refractivity contribution in [2.24, 2.45) is 0 Å². The van der Waals surface area contributed by atoms with E-state index in [1.54, 1.807) is 0 Å². The van der Waals surface area contributed by atoms with Crippen LogP contribution in [0, 0.1) is 0 Å². The molecule has 0 saturated heterocycles. The molecule has 0 aromatic heterocycles. The maximum absolute atomic E-state index is 12.8. The Morgan fingerprint density at radius 1 is 0.292 bits per heavy atom. The van der Waals surface area contributed by atoms with Crippen LogP contribution in [0.25, 0.3) is 0 Å². The Morgan fingerprint density at radius 3 is 0.861 bits per heavy atom. The fourth-order valence-electron chi connectivity index (χ4n) is 8.30. The van der Waals surface area contributed by atoms with Crippen molar-refractivity contribution in [2.45, 2.75) is 290 Å². The van der Waals surface area contributed by atoms with Gasteiger partial charge in [0.15, 0.2) is 6.10 Å². The molecule has 412 valence electrons. The lowest BCUT2D eigenvalue weighted by Gasteiger charge is -2.18. The quantitative estimate of drug-likeness (QED) is 0.0261. The van der Waals surface area contributed by atoms with Gasteiger partial charge in [-0.3, -0.25) is 14.4 Å². The molecule has 0 rings (SSSR count). The van der Waals surface area contributed by atoms with E-state index in [1.807, 2.05) is 0 Å². The number of carbonyl (C=O) groups excluding carboxylic acids is 3. The average molecular weight is 1000 g/mol. The number of rotatable bonds is 54. The Hall–Kier alpha value is -3.67. The van der Waals surface area contributed by atoms with Crippen molar-refractivity contribution in [2.75, 3.05) is 13.2 Å². The van der Waals surface area contributed by atoms with Gasteiger partial charge >= 0.3 is 17.9 Å². The van der Waals surface area contributed by atoms with Crippen molar-refractivity contribution in [3.8, 4) is 0 Å². The standard InChI is InChI=1S/C66H112O6/c1-4-7-10-13-16-19-21-23-25-27-28-29-30-31-32-33-34-35-36-37-38-39-41-42-44-47-50-53-56-59-65(68)71-62-63(61-70-64(67)58-55-52-49-46-18-15-12-9-6-3)72-66(69)60-57-54-51-48-45-43-40-26-24-22-20-17-14-11-8-5-2/h7,10,16,19,23,25-26,28-29,31-32,34-35,37-38,40,63H,4-6,8-9,11-15,17-18,20-22,24,27,30,33,36,39,41-62H2,1-3H3/b10-7-,19-16-,25-23-,29-28-,32-31-,35-34-,38-37-,40-26-. The Kier molecular flexibility index (Phi) is 56.8. The number of esters is 3. The molecule has 0 bridgehead atoms. The van der Waals surface area contributed by atoms with Crippen molar-refractivity contribution < 1.29 is 28.6 Å². The molecule has 6 heteroatoms. The van der Waals surface area contributed by atoms with Crippen molar-refractivity contribution in [1.29, 1.82) is 0 Å². The number of ether oxygens (including phenoxy) is 3. The van der Waals surface area contributed by atoms with Gasteiger partial charge in [0.2, 0.25) is 0 Å². The summed E-state index contributed by atoms with van der Waals surface area (Å²) in [5.41, 5.74) is 0. The van der Waals surface area contributed by atoms with E-state index in [4.69, 9.17) is 14.2 Å². The minimum atomic E-state index is -0.784. The van der Waals surface area contributed by atoms with E-state index in [9.17, 15) is 14.4 Å². The molecule has 0 aliphatic carbocycles. The summed E-state index contributed by atoms with van der Waals surface area (Å²) in [6.45, 7) is 6.50. The summed E-state index contributed by atoms with van der Waals surface area (Å²) in [6.07, 6.45) is 79.8. The van der Waals surface area contributed by atoms with Crippen molar-refractivity contribution in [1.82, 2.24) is 0 Å². The largest absolute Gasteiger partial charge is 0.462 e. The Morgan fingerprint density at radius 2 is 0.542 bits per heavy atom. The van der Waals surface area contributed by atoms with Crippen LogP contribution < -0.4 is 0 Å². The summed E-state index contributed by atoms with van der Waals surface area (Å²) in [5, 5.41) is 0. The van der Waals surface area contributed by atoms with Crippen LogP contribution in [0.15, 0.2) is 97.2 Å². The smallest absolute Gasteiger partial charge is 0.306 e. The number of allylic oxidation sites excluding steroid dienone is 16. The van der Waals surface area contributed by atoms with E-state index in [-0.39, 0.29) is 31.1 Å². The molecule has 0 aliphatic rings. The summed E-state index contributed by atoms with van der Waals surface area (Å²) >= 11 is 0. The zero-order valence-electron chi connectivity index (χ0n) is 47.2. The van der Waals surface area contributed by atoms with Crippen molar-refractivity contribution in [3.05, 3.63) is 97.2 Å². The summed E-state index contributed by atoms with van der Waals surface area (Å²) in [4.78, 5) is 38.1. The molecule has 0 spiro atoms. The molecule has 1 atom stereocenters. The Balaban J connectivity index is 4.25. The molecule has 0 fully saturated rings. The van der Waals surface area contributed by atoms with Gasteiger partial charge in [-0.05, 0) is 103 Å². The van der Waals surface area contributed by atoms with E-state index in [2.05, 4.69) is 118 Å². The summed E-state index contributed by atoms with van der Waals surface area (Å²) in [5.74, 6) is -0.900. The van der Waals surface area contributed by atoms with E-state index in [0.29, 0.717) is 19.3 Å². The monoisotopic (exact) mass is 1000 g/mol. The Labute approximate surface area is 445 Å². The molecule has 72 heavy (non-hydrogen) atoms. The van der Waals surface area contributed by atoms with Gasteiger partial charge in [-0.2, -0.15) is 0 Å². The first kappa shape index (κ1) is 68.3. The molecule has 0 aromatic rings. The maximum Gasteiger partial charge on any atom is 0.306 e. The number of unbranched alkanes of at least 4 members (excludes halogenated alkanes) is 27. The van der Waals surface area contributed by atoms with Crippen LogP contribution in [-0.4, -0.2) is 37.2 Å². The second kappa shape index (κ2) is 59.9. The topological polar surface area (TPSA) is 78.9 Å². The third-order valence-corrected chi connectivity index (χ3v) is 12.8. The zero-order valence-corrected chi connectivity index (χ0v) is 47.2. The van der Waals surface area contributed by atoms with Crippen LogP contribution >= 0.6 is 0 Å². The van der Waals surface area contributed by atoms with Gasteiger partial charge in [-0.15, -0.1) is 0 Å². The molecule has 0 saturated carbocycles. The highest BCUT2D eigenvalue weighted by atomic mass is 16.6. The van der Waals surface area contributed by atoms with E-state index >= 15 is 0 Å². The third kappa shape index (κ3) is 57.2. The van der Waals surface area contributed by atoms with Gasteiger partial charge in [0.25, 0.3) is 0 Å². The number of hydrogen-bond donors (Lipinski definition) is 0. The molecule has 0 aromatic carbocycles. The Bertz CT molecular complexity index is 1430. The van der Waals surface area contributed by atoms with Gasteiger partial charge in [0.1, 0.15) is 13.2 Å². The first-order valence-electron chi connectivity index (χ1n) is 30.2. The third-order valence-electron chi connectivity index (χ3n) is 12.8. The molecule has 0 amide bonds. The lowest BCUT2D eigenvalue weighted by atomic mass is 10.1. The van der Waals surface area contributed by atoms with Crippen LogP contribution in [0.4, 0.5) is 0 Å². The molecule has 0 radical (unpaired) electrons.